The van der Waals surface area contributed by atoms with Crippen molar-refractivity contribution in [2.75, 3.05) is 19.6 Å². The molecular weight excluding hydrogens is 408 g/mol. The number of hydrogen-bond donors (Lipinski definition) is 0. The van der Waals surface area contributed by atoms with Gasteiger partial charge in [0.1, 0.15) is 10.7 Å². The van der Waals surface area contributed by atoms with Gasteiger partial charge in [0, 0.05) is 30.6 Å². The Hall–Kier alpha value is -1.61. The highest BCUT2D eigenvalue weighted by Crippen LogP contribution is 2.28. The molecule has 2 aromatic heterocycles. The number of amides is 1. The molecule has 1 amide bonds. The molecule has 1 saturated heterocycles. The summed E-state index contributed by atoms with van der Waals surface area (Å²) in [5.74, 6) is -0.150. The molecule has 27 heavy (non-hydrogen) atoms. The number of carbonyl (C=O) groups excluding carboxylic acids is 1. The Balaban J connectivity index is 1.86. The second-order valence-electron chi connectivity index (χ2n) is 6.32. The molecular formula is C18H21ClN2O4S2. The van der Waals surface area contributed by atoms with Crippen LogP contribution < -0.4 is 0 Å². The first-order valence-electron chi connectivity index (χ1n) is 8.58. The average molecular weight is 429 g/mol. The standard InChI is InChI=1S/C18H21ClN2O4S2/c1-3-8-20(12-14-6-7-17(19)26-14)18(22)15-11-16(13(2)25-15)27(23,24)21-9-4-5-10-21/h3,6-7,11H,1,4-5,8-10,12H2,2H3. The highest BCUT2D eigenvalue weighted by Gasteiger charge is 2.32. The number of carbonyl (C=O) groups is 1. The van der Waals surface area contributed by atoms with Crippen molar-refractivity contribution in [3.05, 3.63) is 51.6 Å². The molecule has 6 nitrogen and oxygen atoms in total. The predicted molar refractivity (Wildman–Crippen MR) is 106 cm³/mol. The molecule has 1 fully saturated rings. The maximum absolute atomic E-state index is 12.9. The third kappa shape index (κ3) is 4.29. The molecule has 146 valence electrons. The first-order chi connectivity index (χ1) is 12.8. The number of hydrogen-bond acceptors (Lipinski definition) is 5. The van der Waals surface area contributed by atoms with Crippen LogP contribution in [0.15, 0.2) is 40.2 Å². The minimum absolute atomic E-state index is 0.00905. The van der Waals surface area contributed by atoms with Gasteiger partial charge in [-0.15, -0.1) is 17.9 Å². The Bertz CT molecular complexity index is 942. The lowest BCUT2D eigenvalue weighted by Crippen LogP contribution is -2.30. The molecule has 2 aromatic rings. The van der Waals surface area contributed by atoms with Gasteiger partial charge in [0.05, 0.1) is 10.9 Å². The lowest BCUT2D eigenvalue weighted by molar-refractivity contribution is 0.0731. The summed E-state index contributed by atoms with van der Waals surface area (Å²) in [6.45, 7) is 6.90. The highest BCUT2D eigenvalue weighted by molar-refractivity contribution is 7.89. The molecule has 3 heterocycles. The van der Waals surface area contributed by atoms with Crippen LogP contribution in [0.4, 0.5) is 0 Å². The molecule has 0 aliphatic carbocycles. The van der Waals surface area contributed by atoms with Crippen molar-refractivity contribution < 1.29 is 17.6 Å². The van der Waals surface area contributed by atoms with Crippen LogP contribution in [-0.2, 0) is 16.6 Å². The Morgan fingerprint density at radius 1 is 1.41 bits per heavy atom. The fraction of sp³-hybridized carbons (Fsp3) is 0.389. The second kappa shape index (κ2) is 8.18. The van der Waals surface area contributed by atoms with Crippen LogP contribution in [0, 0.1) is 6.92 Å². The highest BCUT2D eigenvalue weighted by atomic mass is 35.5. The number of rotatable bonds is 7. The van der Waals surface area contributed by atoms with E-state index in [0.717, 1.165) is 17.7 Å². The van der Waals surface area contributed by atoms with Crippen molar-refractivity contribution in [3.8, 4) is 0 Å². The van der Waals surface area contributed by atoms with Crippen molar-refractivity contribution in [1.82, 2.24) is 9.21 Å². The predicted octanol–water partition coefficient (Wildman–Crippen LogP) is 3.92. The maximum atomic E-state index is 12.9. The third-order valence-corrected chi connectivity index (χ3v) is 7.60. The number of sulfonamides is 1. The topological polar surface area (TPSA) is 70.8 Å². The van der Waals surface area contributed by atoms with Gasteiger partial charge in [-0.05, 0) is 31.9 Å². The van der Waals surface area contributed by atoms with Crippen molar-refractivity contribution in [2.45, 2.75) is 31.2 Å². The monoisotopic (exact) mass is 428 g/mol. The molecule has 1 aliphatic heterocycles. The quantitative estimate of drug-likeness (QED) is 0.627. The lowest BCUT2D eigenvalue weighted by atomic mass is 10.3. The summed E-state index contributed by atoms with van der Waals surface area (Å²) in [6.07, 6.45) is 3.31. The van der Waals surface area contributed by atoms with Crippen molar-refractivity contribution in [3.63, 3.8) is 0 Å². The molecule has 0 bridgehead atoms. The van der Waals surface area contributed by atoms with Crippen LogP contribution in [-0.4, -0.2) is 43.2 Å². The van der Waals surface area contributed by atoms with E-state index >= 15 is 0 Å². The molecule has 0 aromatic carbocycles. The number of aryl methyl sites for hydroxylation is 1. The Morgan fingerprint density at radius 2 is 2.11 bits per heavy atom. The van der Waals surface area contributed by atoms with E-state index in [0.29, 0.717) is 30.5 Å². The first kappa shape index (κ1) is 20.1. The molecule has 0 unspecified atom stereocenters. The summed E-state index contributed by atoms with van der Waals surface area (Å²) in [7, 11) is -3.64. The first-order valence-corrected chi connectivity index (χ1v) is 11.2. The van der Waals surface area contributed by atoms with Gasteiger partial charge < -0.3 is 9.32 Å². The van der Waals surface area contributed by atoms with E-state index in [-0.39, 0.29) is 22.3 Å². The second-order valence-corrected chi connectivity index (χ2v) is 10.0. The fourth-order valence-electron chi connectivity index (χ4n) is 3.05. The van der Waals surface area contributed by atoms with Gasteiger partial charge >= 0.3 is 0 Å². The van der Waals surface area contributed by atoms with E-state index in [2.05, 4.69) is 6.58 Å². The summed E-state index contributed by atoms with van der Waals surface area (Å²) >= 11 is 7.35. The minimum Gasteiger partial charge on any atom is -0.455 e. The molecule has 0 atom stereocenters. The number of furan rings is 1. The van der Waals surface area contributed by atoms with Gasteiger partial charge in [0.25, 0.3) is 5.91 Å². The van der Waals surface area contributed by atoms with E-state index in [1.807, 2.05) is 6.07 Å². The van der Waals surface area contributed by atoms with Crippen LogP contribution >= 0.6 is 22.9 Å². The Kier molecular flexibility index (Phi) is 6.10. The zero-order chi connectivity index (χ0) is 19.6. The van der Waals surface area contributed by atoms with Crippen LogP contribution in [0.25, 0.3) is 0 Å². The summed E-state index contributed by atoms with van der Waals surface area (Å²) in [4.78, 5) is 15.4. The van der Waals surface area contributed by atoms with Crippen molar-refractivity contribution in [2.24, 2.45) is 0 Å². The molecule has 1 aliphatic rings. The van der Waals surface area contributed by atoms with Gasteiger partial charge in [0.2, 0.25) is 10.0 Å². The van der Waals surface area contributed by atoms with E-state index in [9.17, 15) is 13.2 Å². The van der Waals surface area contributed by atoms with Crippen LogP contribution in [0.1, 0.15) is 34.0 Å². The summed E-state index contributed by atoms with van der Waals surface area (Å²) < 4.78 is 33.2. The maximum Gasteiger partial charge on any atom is 0.290 e. The van der Waals surface area contributed by atoms with Gasteiger partial charge in [-0.25, -0.2) is 8.42 Å². The van der Waals surface area contributed by atoms with Crippen LogP contribution in [0.2, 0.25) is 4.34 Å². The fourth-order valence-corrected chi connectivity index (χ4v) is 5.83. The molecule has 0 N–H and O–H groups in total. The smallest absolute Gasteiger partial charge is 0.290 e. The zero-order valence-corrected chi connectivity index (χ0v) is 17.4. The SMILES string of the molecule is C=CCN(Cc1ccc(Cl)s1)C(=O)c1cc(S(=O)(=O)N2CCCC2)c(C)o1. The van der Waals surface area contributed by atoms with E-state index in [1.54, 1.807) is 24.0 Å². The number of thiophene rings is 1. The molecule has 0 saturated carbocycles. The van der Waals surface area contributed by atoms with E-state index in [4.69, 9.17) is 16.0 Å². The number of nitrogens with zero attached hydrogens (tertiary/aromatic N) is 2. The van der Waals surface area contributed by atoms with Gasteiger partial charge in [-0.2, -0.15) is 4.31 Å². The average Bonchev–Trinajstić information content (AvgIpc) is 3.35. The third-order valence-electron chi connectivity index (χ3n) is 4.38. The molecule has 3 rings (SSSR count). The lowest BCUT2D eigenvalue weighted by Gasteiger charge is -2.19. The normalized spacial score (nSPS) is 15.2. The van der Waals surface area contributed by atoms with Crippen LogP contribution in [0.3, 0.4) is 0 Å². The van der Waals surface area contributed by atoms with E-state index in [1.165, 1.54) is 21.7 Å². The number of halogens is 1. The van der Waals surface area contributed by atoms with Crippen molar-refractivity contribution >= 4 is 38.9 Å². The zero-order valence-electron chi connectivity index (χ0n) is 15.0. The Labute approximate surface area is 168 Å². The van der Waals surface area contributed by atoms with E-state index < -0.39 is 10.0 Å². The molecule has 9 heteroatoms. The summed E-state index contributed by atoms with van der Waals surface area (Å²) in [6, 6.07) is 4.96. The summed E-state index contributed by atoms with van der Waals surface area (Å²) in [5.41, 5.74) is 0. The Morgan fingerprint density at radius 3 is 2.70 bits per heavy atom. The van der Waals surface area contributed by atoms with Gasteiger partial charge in [-0.3, -0.25) is 4.79 Å². The summed E-state index contributed by atoms with van der Waals surface area (Å²) in [5, 5.41) is 0. The van der Waals surface area contributed by atoms with Crippen LogP contribution in [0.5, 0.6) is 0 Å². The van der Waals surface area contributed by atoms with Gasteiger partial charge in [-0.1, -0.05) is 17.7 Å². The largest absolute Gasteiger partial charge is 0.455 e. The molecule has 0 radical (unpaired) electrons. The minimum atomic E-state index is -3.64. The van der Waals surface area contributed by atoms with Gasteiger partial charge in [0.15, 0.2) is 5.76 Å². The van der Waals surface area contributed by atoms with Crippen molar-refractivity contribution in [1.29, 1.82) is 0 Å². The molecule has 0 spiro atoms.